The van der Waals surface area contributed by atoms with E-state index in [1.807, 2.05) is 13.0 Å². The minimum atomic E-state index is 0.645. The summed E-state index contributed by atoms with van der Waals surface area (Å²) in [7, 11) is 0. The molecule has 0 saturated carbocycles. The second-order valence-corrected chi connectivity index (χ2v) is 4.30. The van der Waals surface area contributed by atoms with Crippen molar-refractivity contribution >= 4 is 17.5 Å². The van der Waals surface area contributed by atoms with Gasteiger partial charge in [0.05, 0.1) is 0 Å². The zero-order valence-corrected chi connectivity index (χ0v) is 11.0. The maximum absolute atomic E-state index is 4.38. The maximum atomic E-state index is 4.38. The number of rotatable bonds is 4. The first-order chi connectivity index (χ1) is 8.67. The molecule has 0 saturated heterocycles. The summed E-state index contributed by atoms with van der Waals surface area (Å²) in [5.74, 6) is 1.44. The first kappa shape index (κ1) is 12.4. The van der Waals surface area contributed by atoms with Gasteiger partial charge in [-0.05, 0) is 50.1 Å². The number of aryl methyl sites for hydroxylation is 2. The number of benzene rings is 1. The molecule has 2 rings (SSSR count). The third-order valence-corrected chi connectivity index (χ3v) is 2.48. The first-order valence-electron chi connectivity index (χ1n) is 6.09. The van der Waals surface area contributed by atoms with Crippen LogP contribution in [0.15, 0.2) is 30.5 Å². The number of aromatic nitrogens is 2. The van der Waals surface area contributed by atoms with Crippen LogP contribution in [0.1, 0.15) is 18.1 Å². The summed E-state index contributed by atoms with van der Waals surface area (Å²) in [6.07, 6.45) is 1.75. The van der Waals surface area contributed by atoms with E-state index in [1.165, 1.54) is 11.1 Å². The molecule has 0 aliphatic heterocycles. The van der Waals surface area contributed by atoms with Crippen molar-refractivity contribution < 1.29 is 0 Å². The van der Waals surface area contributed by atoms with Crippen molar-refractivity contribution in [1.82, 2.24) is 9.97 Å². The Bertz CT molecular complexity index is 517. The number of anilines is 3. The van der Waals surface area contributed by atoms with E-state index in [2.05, 4.69) is 52.6 Å². The molecular formula is C14H18N4. The van der Waals surface area contributed by atoms with Crippen LogP contribution in [0.5, 0.6) is 0 Å². The highest BCUT2D eigenvalue weighted by atomic mass is 15.1. The molecule has 0 aliphatic rings. The molecule has 1 aromatic carbocycles. The Morgan fingerprint density at radius 2 is 1.83 bits per heavy atom. The zero-order chi connectivity index (χ0) is 13.0. The van der Waals surface area contributed by atoms with E-state index in [9.17, 15) is 0 Å². The maximum Gasteiger partial charge on any atom is 0.224 e. The molecule has 18 heavy (non-hydrogen) atoms. The molecule has 0 radical (unpaired) electrons. The van der Waals surface area contributed by atoms with Gasteiger partial charge in [0, 0.05) is 18.4 Å². The van der Waals surface area contributed by atoms with Gasteiger partial charge >= 0.3 is 0 Å². The van der Waals surface area contributed by atoms with Gasteiger partial charge in [0.1, 0.15) is 5.82 Å². The zero-order valence-electron chi connectivity index (χ0n) is 11.0. The van der Waals surface area contributed by atoms with Gasteiger partial charge < -0.3 is 10.6 Å². The van der Waals surface area contributed by atoms with Gasteiger partial charge in [0.2, 0.25) is 5.95 Å². The molecular weight excluding hydrogens is 224 g/mol. The molecule has 0 spiro atoms. The topological polar surface area (TPSA) is 49.8 Å². The smallest absolute Gasteiger partial charge is 0.224 e. The fourth-order valence-electron chi connectivity index (χ4n) is 1.87. The molecule has 1 heterocycles. The van der Waals surface area contributed by atoms with E-state index >= 15 is 0 Å². The van der Waals surface area contributed by atoms with Gasteiger partial charge in [-0.1, -0.05) is 6.07 Å². The molecule has 0 bridgehead atoms. The average Bonchev–Trinajstić information content (AvgIpc) is 2.28. The summed E-state index contributed by atoms with van der Waals surface area (Å²) in [5.41, 5.74) is 3.52. The Labute approximate surface area is 107 Å². The van der Waals surface area contributed by atoms with Crippen molar-refractivity contribution in [2.24, 2.45) is 0 Å². The monoisotopic (exact) mass is 242 g/mol. The normalized spacial score (nSPS) is 10.2. The van der Waals surface area contributed by atoms with E-state index < -0.39 is 0 Å². The Balaban J connectivity index is 2.20. The number of nitrogens with one attached hydrogen (secondary N) is 2. The predicted octanol–water partition coefficient (Wildman–Crippen LogP) is 3.27. The molecule has 2 aromatic rings. The molecule has 1 aromatic heterocycles. The van der Waals surface area contributed by atoms with Gasteiger partial charge in [0.25, 0.3) is 0 Å². The van der Waals surface area contributed by atoms with Crippen LogP contribution in [-0.2, 0) is 0 Å². The van der Waals surface area contributed by atoms with E-state index in [4.69, 9.17) is 0 Å². The Hall–Kier alpha value is -2.10. The molecule has 94 valence electrons. The highest BCUT2D eigenvalue weighted by Gasteiger charge is 2.00. The quantitative estimate of drug-likeness (QED) is 0.864. The second-order valence-electron chi connectivity index (χ2n) is 4.30. The molecule has 2 N–H and O–H groups in total. The lowest BCUT2D eigenvalue weighted by Gasteiger charge is -2.09. The molecule has 4 heteroatoms. The molecule has 0 amide bonds. The van der Waals surface area contributed by atoms with Crippen molar-refractivity contribution in [3.8, 4) is 0 Å². The van der Waals surface area contributed by atoms with Crippen LogP contribution in [0.4, 0.5) is 17.5 Å². The fraction of sp³-hybridized carbons (Fsp3) is 0.286. The number of nitrogens with zero attached hydrogens (tertiary/aromatic N) is 2. The minimum absolute atomic E-state index is 0.645. The first-order valence-corrected chi connectivity index (χ1v) is 6.09. The van der Waals surface area contributed by atoms with Crippen LogP contribution in [0, 0.1) is 13.8 Å². The van der Waals surface area contributed by atoms with Crippen molar-refractivity contribution in [1.29, 1.82) is 0 Å². The molecule has 4 nitrogen and oxygen atoms in total. The SMILES string of the molecule is CCNc1nccc(Nc2cc(C)cc(C)c2)n1. The predicted molar refractivity (Wildman–Crippen MR) is 75.4 cm³/mol. The second kappa shape index (κ2) is 5.49. The van der Waals surface area contributed by atoms with Crippen LogP contribution in [-0.4, -0.2) is 16.5 Å². The van der Waals surface area contributed by atoms with Crippen LogP contribution in [0.3, 0.4) is 0 Å². The summed E-state index contributed by atoms with van der Waals surface area (Å²) in [4.78, 5) is 8.53. The largest absolute Gasteiger partial charge is 0.354 e. The Kier molecular flexibility index (Phi) is 3.77. The van der Waals surface area contributed by atoms with Crippen LogP contribution >= 0.6 is 0 Å². The van der Waals surface area contributed by atoms with Crippen LogP contribution in [0.25, 0.3) is 0 Å². The summed E-state index contributed by atoms with van der Waals surface area (Å²) in [6, 6.07) is 8.21. The molecule has 0 fully saturated rings. The summed E-state index contributed by atoms with van der Waals surface area (Å²) >= 11 is 0. The minimum Gasteiger partial charge on any atom is -0.354 e. The third-order valence-electron chi connectivity index (χ3n) is 2.48. The van der Waals surface area contributed by atoms with Gasteiger partial charge in [-0.2, -0.15) is 4.98 Å². The van der Waals surface area contributed by atoms with Crippen molar-refractivity contribution in [2.75, 3.05) is 17.2 Å². The van der Waals surface area contributed by atoms with Crippen molar-refractivity contribution in [3.63, 3.8) is 0 Å². The van der Waals surface area contributed by atoms with E-state index in [-0.39, 0.29) is 0 Å². The standard InChI is InChI=1S/C14H18N4/c1-4-15-14-16-6-5-13(18-14)17-12-8-10(2)7-11(3)9-12/h5-9H,4H2,1-3H3,(H2,15,16,17,18). The van der Waals surface area contributed by atoms with E-state index in [0.29, 0.717) is 5.95 Å². The van der Waals surface area contributed by atoms with Crippen LogP contribution in [0.2, 0.25) is 0 Å². The van der Waals surface area contributed by atoms with Gasteiger partial charge in [0.15, 0.2) is 0 Å². The molecule has 0 unspecified atom stereocenters. The average molecular weight is 242 g/mol. The highest BCUT2D eigenvalue weighted by Crippen LogP contribution is 2.18. The summed E-state index contributed by atoms with van der Waals surface area (Å²) < 4.78 is 0. The van der Waals surface area contributed by atoms with Crippen LogP contribution < -0.4 is 10.6 Å². The number of hydrogen-bond donors (Lipinski definition) is 2. The van der Waals surface area contributed by atoms with Gasteiger partial charge in [-0.3, -0.25) is 0 Å². The van der Waals surface area contributed by atoms with E-state index in [1.54, 1.807) is 6.20 Å². The lowest BCUT2D eigenvalue weighted by atomic mass is 10.1. The third kappa shape index (κ3) is 3.20. The molecule has 0 atom stereocenters. The lowest BCUT2D eigenvalue weighted by molar-refractivity contribution is 1.09. The van der Waals surface area contributed by atoms with Gasteiger partial charge in [-0.25, -0.2) is 4.98 Å². The fourth-order valence-corrected chi connectivity index (χ4v) is 1.87. The van der Waals surface area contributed by atoms with Gasteiger partial charge in [-0.15, -0.1) is 0 Å². The summed E-state index contributed by atoms with van der Waals surface area (Å²) in [6.45, 7) is 7.00. The Morgan fingerprint density at radius 3 is 2.50 bits per heavy atom. The van der Waals surface area contributed by atoms with E-state index in [0.717, 1.165) is 18.1 Å². The molecule has 0 aliphatic carbocycles. The summed E-state index contributed by atoms with van der Waals surface area (Å²) in [5, 5.41) is 6.39. The Morgan fingerprint density at radius 1 is 1.11 bits per heavy atom. The number of hydrogen-bond acceptors (Lipinski definition) is 4. The lowest BCUT2D eigenvalue weighted by Crippen LogP contribution is -2.03. The van der Waals surface area contributed by atoms with Crippen molar-refractivity contribution in [3.05, 3.63) is 41.6 Å². The van der Waals surface area contributed by atoms with Crippen molar-refractivity contribution in [2.45, 2.75) is 20.8 Å². The highest BCUT2D eigenvalue weighted by molar-refractivity contribution is 5.58.